The summed E-state index contributed by atoms with van der Waals surface area (Å²) in [5.41, 5.74) is 0.0133. The third-order valence-corrected chi connectivity index (χ3v) is 4.00. The summed E-state index contributed by atoms with van der Waals surface area (Å²) in [6.45, 7) is 8.45. The highest BCUT2D eigenvalue weighted by atomic mass is 16.3. The quantitative estimate of drug-likeness (QED) is 0.693. The second kappa shape index (κ2) is 4.17. The fourth-order valence-corrected chi connectivity index (χ4v) is 2.09. The highest BCUT2D eigenvalue weighted by Gasteiger charge is 2.47. The molecular weight excluding hydrogens is 178 g/mol. The van der Waals surface area contributed by atoms with Crippen molar-refractivity contribution in [1.29, 1.82) is 0 Å². The Hall–Kier alpha value is -0.120. The Morgan fingerprint density at radius 1 is 1.14 bits per heavy atom. The molecule has 0 bridgehead atoms. The van der Waals surface area contributed by atoms with Crippen LogP contribution < -0.4 is 0 Å². The Balaban J connectivity index is 2.54. The first-order valence-corrected chi connectivity index (χ1v) is 5.52. The molecule has 1 saturated heterocycles. The van der Waals surface area contributed by atoms with Gasteiger partial charge in [0.25, 0.3) is 0 Å². The van der Waals surface area contributed by atoms with Gasteiger partial charge in [0.2, 0.25) is 0 Å². The van der Waals surface area contributed by atoms with Crippen molar-refractivity contribution in [1.82, 2.24) is 4.90 Å². The normalized spacial score (nSPS) is 22.1. The summed E-state index contributed by atoms with van der Waals surface area (Å²) in [5, 5.41) is 18.5. The van der Waals surface area contributed by atoms with E-state index in [0.717, 1.165) is 13.1 Å². The molecule has 0 aromatic heterocycles. The molecule has 1 aliphatic heterocycles. The highest BCUT2D eigenvalue weighted by molar-refractivity contribution is 5.00. The van der Waals surface area contributed by atoms with Crippen LogP contribution in [-0.4, -0.2) is 47.0 Å². The summed E-state index contributed by atoms with van der Waals surface area (Å²) in [5.74, 6) is 0. The van der Waals surface area contributed by atoms with E-state index in [0.29, 0.717) is 5.41 Å². The van der Waals surface area contributed by atoms with Crippen molar-refractivity contribution in [2.75, 3.05) is 26.3 Å². The number of aliphatic hydroxyl groups is 2. The maximum absolute atomic E-state index is 9.23. The zero-order chi connectivity index (χ0) is 10.8. The molecule has 2 N–H and O–H groups in total. The average molecular weight is 201 g/mol. The first-order chi connectivity index (χ1) is 6.55. The molecule has 3 nitrogen and oxygen atoms in total. The van der Waals surface area contributed by atoms with Gasteiger partial charge >= 0.3 is 0 Å². The molecule has 1 fully saturated rings. The number of rotatable bonds is 5. The third-order valence-electron chi connectivity index (χ3n) is 4.00. The molecule has 0 unspecified atom stereocenters. The van der Waals surface area contributed by atoms with Gasteiger partial charge in [-0.2, -0.15) is 0 Å². The van der Waals surface area contributed by atoms with Crippen LogP contribution in [0.15, 0.2) is 0 Å². The van der Waals surface area contributed by atoms with Crippen molar-refractivity contribution in [2.24, 2.45) is 5.41 Å². The van der Waals surface area contributed by atoms with Crippen LogP contribution in [0.2, 0.25) is 0 Å². The topological polar surface area (TPSA) is 43.7 Å². The lowest BCUT2D eigenvalue weighted by atomic mass is 9.73. The monoisotopic (exact) mass is 201 g/mol. The molecule has 0 amide bonds. The molecule has 1 heterocycles. The van der Waals surface area contributed by atoms with Crippen molar-refractivity contribution in [3.63, 3.8) is 0 Å². The fourth-order valence-electron chi connectivity index (χ4n) is 2.09. The summed E-state index contributed by atoms with van der Waals surface area (Å²) in [7, 11) is 0. The summed E-state index contributed by atoms with van der Waals surface area (Å²) >= 11 is 0. The van der Waals surface area contributed by atoms with E-state index in [4.69, 9.17) is 0 Å². The van der Waals surface area contributed by atoms with Crippen LogP contribution in [0.25, 0.3) is 0 Å². The number of nitrogens with zero attached hydrogens (tertiary/aromatic N) is 1. The molecule has 1 rings (SSSR count). The van der Waals surface area contributed by atoms with E-state index in [9.17, 15) is 10.2 Å². The van der Waals surface area contributed by atoms with Gasteiger partial charge in [-0.3, -0.25) is 4.90 Å². The van der Waals surface area contributed by atoms with Crippen LogP contribution in [-0.2, 0) is 0 Å². The maximum Gasteiger partial charge on any atom is 0.0644 e. The molecule has 0 atom stereocenters. The van der Waals surface area contributed by atoms with Crippen LogP contribution >= 0.6 is 0 Å². The van der Waals surface area contributed by atoms with E-state index in [-0.39, 0.29) is 13.2 Å². The van der Waals surface area contributed by atoms with E-state index in [1.54, 1.807) is 0 Å². The van der Waals surface area contributed by atoms with E-state index in [2.05, 4.69) is 18.7 Å². The van der Waals surface area contributed by atoms with E-state index in [1.165, 1.54) is 12.8 Å². The molecule has 0 aromatic carbocycles. The van der Waals surface area contributed by atoms with Crippen molar-refractivity contribution < 1.29 is 10.2 Å². The minimum absolute atomic E-state index is 0.0347. The lowest BCUT2D eigenvalue weighted by molar-refractivity contribution is -0.111. The van der Waals surface area contributed by atoms with Gasteiger partial charge in [-0.25, -0.2) is 0 Å². The number of likely N-dealkylation sites (tertiary alicyclic amines) is 1. The smallest absolute Gasteiger partial charge is 0.0644 e. The standard InChI is InChI=1S/C11H23NO2/c1-4-11(5-2)6-12(7-11)10(3,8-13)9-14/h13-14H,4-9H2,1-3H3. The minimum Gasteiger partial charge on any atom is -0.394 e. The SMILES string of the molecule is CCC1(CC)CN(C(C)(CO)CO)C1. The van der Waals surface area contributed by atoms with E-state index >= 15 is 0 Å². The average Bonchev–Trinajstić information content (AvgIpc) is 2.17. The van der Waals surface area contributed by atoms with Crippen molar-refractivity contribution in [3.05, 3.63) is 0 Å². The maximum atomic E-state index is 9.23. The van der Waals surface area contributed by atoms with Crippen LogP contribution in [0.4, 0.5) is 0 Å². The van der Waals surface area contributed by atoms with Gasteiger partial charge in [-0.05, 0) is 25.2 Å². The fraction of sp³-hybridized carbons (Fsp3) is 1.00. The predicted octanol–water partition coefficient (Wildman–Crippen LogP) is 0.852. The third kappa shape index (κ3) is 1.81. The second-order valence-corrected chi connectivity index (χ2v) is 4.88. The second-order valence-electron chi connectivity index (χ2n) is 4.88. The Labute approximate surface area is 86.7 Å². The number of aliphatic hydroxyl groups excluding tert-OH is 2. The number of hydrogen-bond donors (Lipinski definition) is 2. The molecular formula is C11H23NO2. The molecule has 3 heteroatoms. The van der Waals surface area contributed by atoms with Crippen molar-refractivity contribution >= 4 is 0 Å². The predicted molar refractivity (Wildman–Crippen MR) is 57.2 cm³/mol. The zero-order valence-corrected chi connectivity index (χ0v) is 9.58. The summed E-state index contributed by atoms with van der Waals surface area (Å²) in [6.07, 6.45) is 2.37. The van der Waals surface area contributed by atoms with Crippen LogP contribution in [0.1, 0.15) is 33.6 Å². The number of hydrogen-bond acceptors (Lipinski definition) is 3. The molecule has 14 heavy (non-hydrogen) atoms. The van der Waals surface area contributed by atoms with E-state index < -0.39 is 5.54 Å². The van der Waals surface area contributed by atoms with Crippen molar-refractivity contribution in [3.8, 4) is 0 Å². The Kier molecular flexibility index (Phi) is 3.56. The largest absolute Gasteiger partial charge is 0.394 e. The van der Waals surface area contributed by atoms with Gasteiger partial charge in [0.1, 0.15) is 0 Å². The van der Waals surface area contributed by atoms with Crippen LogP contribution in [0, 0.1) is 5.41 Å². The molecule has 0 aliphatic carbocycles. The summed E-state index contributed by atoms with van der Waals surface area (Å²) in [6, 6.07) is 0. The van der Waals surface area contributed by atoms with Gasteiger partial charge in [-0.1, -0.05) is 13.8 Å². The molecule has 0 saturated carbocycles. The first-order valence-electron chi connectivity index (χ1n) is 5.52. The first kappa shape index (κ1) is 12.0. The minimum atomic E-state index is -0.423. The van der Waals surface area contributed by atoms with Crippen LogP contribution in [0.3, 0.4) is 0 Å². The summed E-state index contributed by atoms with van der Waals surface area (Å²) in [4.78, 5) is 2.19. The molecule has 0 spiro atoms. The lowest BCUT2D eigenvalue weighted by Crippen LogP contribution is -2.66. The Morgan fingerprint density at radius 2 is 1.57 bits per heavy atom. The van der Waals surface area contributed by atoms with Crippen LogP contribution in [0.5, 0.6) is 0 Å². The van der Waals surface area contributed by atoms with E-state index in [1.807, 2.05) is 6.92 Å². The molecule has 1 aliphatic rings. The highest BCUT2D eigenvalue weighted by Crippen LogP contribution is 2.40. The van der Waals surface area contributed by atoms with Gasteiger partial charge in [0.05, 0.1) is 18.8 Å². The van der Waals surface area contributed by atoms with Crippen molar-refractivity contribution in [2.45, 2.75) is 39.2 Å². The lowest BCUT2D eigenvalue weighted by Gasteiger charge is -2.56. The van der Waals surface area contributed by atoms with Gasteiger partial charge in [0, 0.05) is 13.1 Å². The zero-order valence-electron chi connectivity index (χ0n) is 9.58. The molecule has 0 aromatic rings. The summed E-state index contributed by atoms with van der Waals surface area (Å²) < 4.78 is 0. The Morgan fingerprint density at radius 3 is 1.86 bits per heavy atom. The van der Waals surface area contributed by atoms with Gasteiger partial charge in [-0.15, -0.1) is 0 Å². The van der Waals surface area contributed by atoms with Gasteiger partial charge < -0.3 is 10.2 Å². The molecule has 0 radical (unpaired) electrons. The Bertz CT molecular complexity index is 178. The molecule has 84 valence electrons. The van der Waals surface area contributed by atoms with Gasteiger partial charge in [0.15, 0.2) is 0 Å².